The summed E-state index contributed by atoms with van der Waals surface area (Å²) in [7, 11) is 1.55. The van der Waals surface area contributed by atoms with Gasteiger partial charge in [-0.05, 0) is 13.3 Å². The standard InChI is InChI=1S/C12H17NO3.C2H6/c1-4-6-10-9(5-2)11(14)13(12(10)15)7-8-16-3;1-2/h5-6H,4,7-8H2,1-3H3;1-2H3/b9-5+,10-6+;. The van der Waals surface area contributed by atoms with E-state index in [-0.39, 0.29) is 11.8 Å². The SMILES string of the molecule is C/C=C1/C(=O)N(CCOC)C(=O)/C1=C/CC.CC. The highest BCUT2D eigenvalue weighted by Gasteiger charge is 2.37. The number of hydrogen-bond donors (Lipinski definition) is 0. The predicted octanol–water partition coefficient (Wildman–Crippen LogP) is 2.31. The maximum Gasteiger partial charge on any atom is 0.261 e. The third-order valence-corrected chi connectivity index (χ3v) is 2.46. The van der Waals surface area contributed by atoms with Crippen LogP contribution in [0.5, 0.6) is 0 Å². The lowest BCUT2D eigenvalue weighted by atomic mass is 10.1. The van der Waals surface area contributed by atoms with Gasteiger partial charge in [-0.2, -0.15) is 0 Å². The van der Waals surface area contributed by atoms with Crippen LogP contribution in [0.2, 0.25) is 0 Å². The van der Waals surface area contributed by atoms with Gasteiger partial charge in [0.15, 0.2) is 0 Å². The Kier molecular flexibility index (Phi) is 7.96. The average molecular weight is 253 g/mol. The number of carbonyl (C=O) groups is 2. The van der Waals surface area contributed by atoms with E-state index in [1.165, 1.54) is 4.90 Å². The van der Waals surface area contributed by atoms with Crippen molar-refractivity contribution >= 4 is 11.8 Å². The Morgan fingerprint density at radius 3 is 2.17 bits per heavy atom. The van der Waals surface area contributed by atoms with E-state index < -0.39 is 0 Å². The van der Waals surface area contributed by atoms with Crippen molar-refractivity contribution in [1.29, 1.82) is 0 Å². The number of ether oxygens (including phenoxy) is 1. The highest BCUT2D eigenvalue weighted by Crippen LogP contribution is 2.24. The van der Waals surface area contributed by atoms with Gasteiger partial charge in [0.1, 0.15) is 0 Å². The van der Waals surface area contributed by atoms with Gasteiger partial charge in [-0.15, -0.1) is 0 Å². The third-order valence-electron chi connectivity index (χ3n) is 2.46. The second-order valence-electron chi connectivity index (χ2n) is 3.48. The summed E-state index contributed by atoms with van der Waals surface area (Å²) in [5.41, 5.74) is 1.02. The predicted molar refractivity (Wildman–Crippen MR) is 72.1 cm³/mol. The average Bonchev–Trinajstić information content (AvgIpc) is 2.62. The van der Waals surface area contributed by atoms with Crippen molar-refractivity contribution in [3.8, 4) is 0 Å². The highest BCUT2D eigenvalue weighted by atomic mass is 16.5. The molecule has 0 aromatic rings. The Balaban J connectivity index is 0.00000137. The summed E-state index contributed by atoms with van der Waals surface area (Å²) in [6, 6.07) is 0. The molecule has 1 heterocycles. The number of likely N-dealkylation sites (tertiary alicyclic amines) is 1. The summed E-state index contributed by atoms with van der Waals surface area (Å²) in [6.07, 6.45) is 4.22. The number of imide groups is 1. The quantitative estimate of drug-likeness (QED) is 0.570. The van der Waals surface area contributed by atoms with Crippen molar-refractivity contribution in [2.75, 3.05) is 20.3 Å². The number of amides is 2. The Labute approximate surface area is 109 Å². The second-order valence-corrected chi connectivity index (χ2v) is 3.48. The maximum atomic E-state index is 11.9. The molecule has 18 heavy (non-hydrogen) atoms. The van der Waals surface area contributed by atoms with Crippen molar-refractivity contribution in [3.05, 3.63) is 23.3 Å². The summed E-state index contributed by atoms with van der Waals surface area (Å²) < 4.78 is 4.88. The fourth-order valence-corrected chi connectivity index (χ4v) is 1.68. The molecule has 0 radical (unpaired) electrons. The first-order chi connectivity index (χ1) is 8.67. The van der Waals surface area contributed by atoms with Gasteiger partial charge in [0.2, 0.25) is 0 Å². The van der Waals surface area contributed by atoms with Gasteiger partial charge in [-0.1, -0.05) is 32.9 Å². The zero-order valence-corrected chi connectivity index (χ0v) is 11.9. The minimum absolute atomic E-state index is 0.211. The number of rotatable bonds is 4. The van der Waals surface area contributed by atoms with Crippen LogP contribution in [0, 0.1) is 0 Å². The van der Waals surface area contributed by atoms with E-state index in [0.717, 1.165) is 6.42 Å². The molecule has 0 unspecified atom stereocenters. The zero-order chi connectivity index (χ0) is 14.1. The maximum absolute atomic E-state index is 11.9. The van der Waals surface area contributed by atoms with Crippen molar-refractivity contribution in [1.82, 2.24) is 4.90 Å². The number of carbonyl (C=O) groups excluding carboxylic acids is 2. The number of hydrogen-bond acceptors (Lipinski definition) is 3. The van der Waals surface area contributed by atoms with E-state index in [1.807, 2.05) is 20.8 Å². The molecule has 0 saturated carbocycles. The lowest BCUT2D eigenvalue weighted by molar-refractivity contribution is -0.137. The van der Waals surface area contributed by atoms with E-state index in [0.29, 0.717) is 24.3 Å². The first-order valence-electron chi connectivity index (χ1n) is 6.39. The van der Waals surface area contributed by atoms with Crippen molar-refractivity contribution < 1.29 is 14.3 Å². The summed E-state index contributed by atoms with van der Waals surface area (Å²) in [4.78, 5) is 25.0. The molecule has 0 aliphatic carbocycles. The Hall–Kier alpha value is -1.42. The molecule has 0 spiro atoms. The number of allylic oxidation sites excluding steroid dienone is 2. The Bertz CT molecular complexity index is 356. The molecule has 1 saturated heterocycles. The minimum atomic E-state index is -0.218. The summed E-state index contributed by atoms with van der Waals surface area (Å²) >= 11 is 0. The minimum Gasteiger partial charge on any atom is -0.383 e. The smallest absolute Gasteiger partial charge is 0.261 e. The molecular formula is C14H23NO3. The molecule has 0 aromatic carbocycles. The molecule has 0 bridgehead atoms. The van der Waals surface area contributed by atoms with E-state index in [1.54, 1.807) is 26.2 Å². The molecule has 1 rings (SSSR count). The third kappa shape index (κ3) is 3.53. The van der Waals surface area contributed by atoms with E-state index >= 15 is 0 Å². The summed E-state index contributed by atoms with van der Waals surface area (Å²) in [5, 5.41) is 0. The molecule has 0 N–H and O–H groups in total. The van der Waals surface area contributed by atoms with Crippen molar-refractivity contribution in [2.45, 2.75) is 34.1 Å². The molecule has 0 atom stereocenters. The molecule has 1 aliphatic rings. The Morgan fingerprint density at radius 1 is 1.17 bits per heavy atom. The van der Waals surface area contributed by atoms with E-state index in [2.05, 4.69) is 0 Å². The lowest BCUT2D eigenvalue weighted by Gasteiger charge is -2.11. The van der Waals surface area contributed by atoms with Crippen LogP contribution in [0.25, 0.3) is 0 Å². The van der Waals surface area contributed by atoms with Gasteiger partial charge in [0, 0.05) is 18.3 Å². The van der Waals surface area contributed by atoms with E-state index in [9.17, 15) is 9.59 Å². The summed E-state index contributed by atoms with van der Waals surface area (Å²) in [6.45, 7) is 8.39. The largest absolute Gasteiger partial charge is 0.383 e. The molecule has 1 fully saturated rings. The van der Waals surface area contributed by atoms with Gasteiger partial charge in [-0.3, -0.25) is 14.5 Å². The fraction of sp³-hybridized carbons (Fsp3) is 0.571. The molecule has 0 aromatic heterocycles. The van der Waals surface area contributed by atoms with Crippen molar-refractivity contribution in [2.24, 2.45) is 0 Å². The Morgan fingerprint density at radius 2 is 1.72 bits per heavy atom. The molecular weight excluding hydrogens is 230 g/mol. The van der Waals surface area contributed by atoms with Gasteiger partial charge in [0.05, 0.1) is 13.2 Å². The molecule has 2 amide bonds. The topological polar surface area (TPSA) is 46.6 Å². The van der Waals surface area contributed by atoms with Crippen LogP contribution >= 0.6 is 0 Å². The fourth-order valence-electron chi connectivity index (χ4n) is 1.68. The monoisotopic (exact) mass is 253 g/mol. The van der Waals surface area contributed by atoms with Crippen LogP contribution in [0.4, 0.5) is 0 Å². The first kappa shape index (κ1) is 16.6. The second kappa shape index (κ2) is 8.64. The van der Waals surface area contributed by atoms with Crippen LogP contribution in [0.1, 0.15) is 34.1 Å². The van der Waals surface area contributed by atoms with Gasteiger partial charge >= 0.3 is 0 Å². The number of methoxy groups -OCH3 is 1. The molecule has 4 nitrogen and oxygen atoms in total. The van der Waals surface area contributed by atoms with Crippen LogP contribution in [-0.2, 0) is 14.3 Å². The van der Waals surface area contributed by atoms with Crippen LogP contribution < -0.4 is 0 Å². The van der Waals surface area contributed by atoms with Crippen LogP contribution in [0.15, 0.2) is 23.3 Å². The molecule has 102 valence electrons. The van der Waals surface area contributed by atoms with Gasteiger partial charge in [-0.25, -0.2) is 0 Å². The van der Waals surface area contributed by atoms with Gasteiger partial charge < -0.3 is 4.74 Å². The van der Waals surface area contributed by atoms with E-state index in [4.69, 9.17) is 4.74 Å². The summed E-state index contributed by atoms with van der Waals surface area (Å²) in [5.74, 6) is -0.429. The van der Waals surface area contributed by atoms with Crippen molar-refractivity contribution in [3.63, 3.8) is 0 Å². The molecule has 1 aliphatic heterocycles. The van der Waals surface area contributed by atoms with Gasteiger partial charge in [0.25, 0.3) is 11.8 Å². The highest BCUT2D eigenvalue weighted by molar-refractivity contribution is 6.24. The zero-order valence-electron chi connectivity index (χ0n) is 11.9. The van der Waals surface area contributed by atoms with Crippen LogP contribution in [-0.4, -0.2) is 37.0 Å². The van der Waals surface area contributed by atoms with Crippen LogP contribution in [0.3, 0.4) is 0 Å². The lowest BCUT2D eigenvalue weighted by Crippen LogP contribution is -2.32. The molecule has 4 heteroatoms. The first-order valence-corrected chi connectivity index (χ1v) is 6.39. The normalized spacial score (nSPS) is 19.5. The number of nitrogens with zero attached hydrogens (tertiary/aromatic N) is 1.